The fourth-order valence-electron chi connectivity index (χ4n) is 3.68. The molecule has 1 fully saturated rings. The number of halogens is 1. The second kappa shape index (κ2) is 13.0. The van der Waals surface area contributed by atoms with E-state index in [1.54, 1.807) is 7.05 Å². The van der Waals surface area contributed by atoms with Crippen LogP contribution in [-0.4, -0.2) is 70.6 Å². The first-order chi connectivity index (χ1) is 14.6. The van der Waals surface area contributed by atoms with E-state index in [-0.39, 0.29) is 35.5 Å². The standard InChI is InChI=1S/C23H32N4O2S.HI/c1-24-23(25-12-13-27-14-16-30(28,29)17-15-27)26-19-22(21-10-6-3-7-11-21)18-20-8-4-2-5-9-20;/h2-11,22H,12-19H2,1H3,(H2,24,25,26);1H. The topological polar surface area (TPSA) is 73.8 Å². The summed E-state index contributed by atoms with van der Waals surface area (Å²) in [6, 6.07) is 21.1. The summed E-state index contributed by atoms with van der Waals surface area (Å²) in [7, 11) is -1.05. The van der Waals surface area contributed by atoms with Crippen LogP contribution in [0.4, 0.5) is 0 Å². The van der Waals surface area contributed by atoms with Crippen molar-refractivity contribution < 1.29 is 8.42 Å². The lowest BCUT2D eigenvalue weighted by atomic mass is 9.92. The normalized spacial score (nSPS) is 17.4. The van der Waals surface area contributed by atoms with Gasteiger partial charge in [-0.1, -0.05) is 60.7 Å². The third-order valence-electron chi connectivity index (χ3n) is 5.49. The molecule has 8 heteroatoms. The Kier molecular flexibility index (Phi) is 10.8. The van der Waals surface area contributed by atoms with Crippen molar-refractivity contribution in [2.75, 3.05) is 51.3 Å². The highest BCUT2D eigenvalue weighted by Gasteiger charge is 2.21. The zero-order valence-corrected chi connectivity index (χ0v) is 21.2. The van der Waals surface area contributed by atoms with Gasteiger partial charge in [-0.25, -0.2) is 8.42 Å². The molecular weight excluding hydrogens is 523 g/mol. The van der Waals surface area contributed by atoms with Gasteiger partial charge in [-0.15, -0.1) is 24.0 Å². The van der Waals surface area contributed by atoms with Crippen molar-refractivity contribution in [3.8, 4) is 0 Å². The van der Waals surface area contributed by atoms with Crippen molar-refractivity contribution in [2.45, 2.75) is 12.3 Å². The Morgan fingerprint density at radius 3 is 2.23 bits per heavy atom. The van der Waals surface area contributed by atoms with Crippen LogP contribution in [0.2, 0.25) is 0 Å². The van der Waals surface area contributed by atoms with Gasteiger partial charge >= 0.3 is 0 Å². The molecule has 0 bridgehead atoms. The first-order valence-corrected chi connectivity index (χ1v) is 12.3. The summed E-state index contributed by atoms with van der Waals surface area (Å²) in [6.07, 6.45) is 0.955. The van der Waals surface area contributed by atoms with Gasteiger partial charge in [-0.3, -0.25) is 9.89 Å². The van der Waals surface area contributed by atoms with Crippen LogP contribution in [-0.2, 0) is 16.3 Å². The minimum atomic E-state index is -2.83. The second-order valence-corrected chi connectivity index (χ2v) is 9.97. The molecule has 0 amide bonds. The predicted molar refractivity (Wildman–Crippen MR) is 139 cm³/mol. The molecule has 2 aromatic rings. The van der Waals surface area contributed by atoms with Gasteiger partial charge in [-0.2, -0.15) is 0 Å². The molecule has 0 spiro atoms. The number of nitrogens with zero attached hydrogens (tertiary/aromatic N) is 2. The quantitative estimate of drug-likeness (QED) is 0.297. The van der Waals surface area contributed by atoms with E-state index < -0.39 is 9.84 Å². The molecule has 6 nitrogen and oxygen atoms in total. The molecule has 1 heterocycles. The van der Waals surface area contributed by atoms with Crippen molar-refractivity contribution in [2.24, 2.45) is 4.99 Å². The van der Waals surface area contributed by atoms with Crippen LogP contribution in [0.25, 0.3) is 0 Å². The smallest absolute Gasteiger partial charge is 0.191 e. The summed E-state index contributed by atoms with van der Waals surface area (Å²) in [6.45, 7) is 3.55. The van der Waals surface area contributed by atoms with E-state index in [0.717, 1.165) is 32.0 Å². The van der Waals surface area contributed by atoms with E-state index in [9.17, 15) is 8.42 Å². The lowest BCUT2D eigenvalue weighted by Gasteiger charge is -2.27. The molecule has 0 saturated carbocycles. The Balaban J connectivity index is 0.00000341. The number of aliphatic imine (C=N–C) groups is 1. The van der Waals surface area contributed by atoms with Crippen molar-refractivity contribution >= 4 is 39.8 Å². The van der Waals surface area contributed by atoms with E-state index in [0.29, 0.717) is 19.0 Å². The van der Waals surface area contributed by atoms with Crippen molar-refractivity contribution in [1.82, 2.24) is 15.5 Å². The minimum Gasteiger partial charge on any atom is -0.356 e. The van der Waals surface area contributed by atoms with Gasteiger partial charge in [0.05, 0.1) is 11.5 Å². The van der Waals surface area contributed by atoms with Gasteiger partial charge in [0, 0.05) is 45.7 Å². The van der Waals surface area contributed by atoms with Gasteiger partial charge in [0.1, 0.15) is 0 Å². The summed E-state index contributed by atoms with van der Waals surface area (Å²) >= 11 is 0. The Morgan fingerprint density at radius 1 is 1.00 bits per heavy atom. The Labute approximate surface area is 203 Å². The fraction of sp³-hybridized carbons (Fsp3) is 0.435. The molecule has 31 heavy (non-hydrogen) atoms. The van der Waals surface area contributed by atoms with Crippen molar-refractivity contribution in [3.05, 3.63) is 71.8 Å². The Hall–Kier alpha value is -1.65. The molecule has 0 aromatic heterocycles. The van der Waals surface area contributed by atoms with Crippen LogP contribution in [0.1, 0.15) is 17.0 Å². The number of hydrogen-bond acceptors (Lipinski definition) is 4. The van der Waals surface area contributed by atoms with Gasteiger partial charge < -0.3 is 10.6 Å². The average Bonchev–Trinajstić information content (AvgIpc) is 2.77. The highest BCUT2D eigenvalue weighted by atomic mass is 127. The molecule has 3 rings (SSSR count). The summed E-state index contributed by atoms with van der Waals surface area (Å²) in [5.74, 6) is 1.63. The second-order valence-electron chi connectivity index (χ2n) is 7.67. The SMILES string of the molecule is CN=C(NCCN1CCS(=O)(=O)CC1)NCC(Cc1ccccc1)c1ccccc1.I. The molecule has 1 unspecified atom stereocenters. The lowest BCUT2D eigenvalue weighted by molar-refractivity contribution is 0.299. The van der Waals surface area contributed by atoms with E-state index in [4.69, 9.17) is 0 Å². The largest absolute Gasteiger partial charge is 0.356 e. The third kappa shape index (κ3) is 8.78. The molecule has 2 N–H and O–H groups in total. The van der Waals surface area contributed by atoms with Crippen LogP contribution >= 0.6 is 24.0 Å². The van der Waals surface area contributed by atoms with Crippen LogP contribution in [0, 0.1) is 0 Å². The first-order valence-electron chi connectivity index (χ1n) is 10.5. The highest BCUT2D eigenvalue weighted by Crippen LogP contribution is 2.20. The number of nitrogens with one attached hydrogen (secondary N) is 2. The molecule has 1 atom stereocenters. The van der Waals surface area contributed by atoms with Crippen LogP contribution in [0.3, 0.4) is 0 Å². The van der Waals surface area contributed by atoms with E-state index >= 15 is 0 Å². The fourth-order valence-corrected chi connectivity index (χ4v) is 4.96. The molecule has 2 aromatic carbocycles. The van der Waals surface area contributed by atoms with Crippen molar-refractivity contribution in [1.29, 1.82) is 0 Å². The maximum Gasteiger partial charge on any atom is 0.191 e. The summed E-state index contributed by atoms with van der Waals surface area (Å²) in [4.78, 5) is 6.53. The molecular formula is C23H33IN4O2S. The highest BCUT2D eigenvalue weighted by molar-refractivity contribution is 14.0. The van der Waals surface area contributed by atoms with Gasteiger partial charge in [-0.05, 0) is 17.5 Å². The Morgan fingerprint density at radius 2 is 1.61 bits per heavy atom. The van der Waals surface area contributed by atoms with E-state index in [2.05, 4.69) is 69.1 Å². The van der Waals surface area contributed by atoms with E-state index in [1.807, 2.05) is 12.1 Å². The maximum atomic E-state index is 11.5. The predicted octanol–water partition coefficient (Wildman–Crippen LogP) is 2.53. The zero-order valence-electron chi connectivity index (χ0n) is 18.0. The molecule has 1 aliphatic heterocycles. The number of hydrogen-bond donors (Lipinski definition) is 2. The van der Waals surface area contributed by atoms with Crippen LogP contribution in [0.5, 0.6) is 0 Å². The van der Waals surface area contributed by atoms with Gasteiger partial charge in [0.15, 0.2) is 15.8 Å². The molecule has 0 radical (unpaired) electrons. The zero-order chi connectivity index (χ0) is 21.2. The molecule has 1 aliphatic rings. The number of benzene rings is 2. The van der Waals surface area contributed by atoms with Crippen molar-refractivity contribution in [3.63, 3.8) is 0 Å². The van der Waals surface area contributed by atoms with Crippen LogP contribution < -0.4 is 10.6 Å². The molecule has 0 aliphatic carbocycles. The third-order valence-corrected chi connectivity index (χ3v) is 7.10. The summed E-state index contributed by atoms with van der Waals surface area (Å²) in [5.41, 5.74) is 2.62. The lowest BCUT2D eigenvalue weighted by Crippen LogP contribution is -2.46. The minimum absolute atomic E-state index is 0. The number of sulfone groups is 1. The Bertz CT molecular complexity index is 894. The number of rotatable bonds is 8. The van der Waals surface area contributed by atoms with Gasteiger partial charge in [0.25, 0.3) is 0 Å². The van der Waals surface area contributed by atoms with Crippen LogP contribution in [0.15, 0.2) is 65.7 Å². The maximum absolute atomic E-state index is 11.5. The van der Waals surface area contributed by atoms with Gasteiger partial charge in [0.2, 0.25) is 0 Å². The average molecular weight is 557 g/mol. The summed E-state index contributed by atoms with van der Waals surface area (Å²) in [5, 5.41) is 6.82. The summed E-state index contributed by atoms with van der Waals surface area (Å²) < 4.78 is 23.1. The van der Waals surface area contributed by atoms with E-state index in [1.165, 1.54) is 11.1 Å². The first kappa shape index (κ1) is 25.6. The number of guanidine groups is 1. The molecule has 1 saturated heterocycles. The monoisotopic (exact) mass is 556 g/mol. The molecule has 170 valence electrons.